The van der Waals surface area contributed by atoms with E-state index in [1.54, 1.807) is 11.8 Å². The highest BCUT2D eigenvalue weighted by Gasteiger charge is 2.30. The van der Waals surface area contributed by atoms with Crippen LogP contribution in [0.15, 0.2) is 29.2 Å². The molecule has 0 aromatic heterocycles. The summed E-state index contributed by atoms with van der Waals surface area (Å²) >= 11 is 0. The van der Waals surface area contributed by atoms with Crippen molar-refractivity contribution in [3.8, 4) is 0 Å². The minimum absolute atomic E-state index is 0.0261. The Morgan fingerprint density at radius 1 is 1.15 bits per heavy atom. The van der Waals surface area contributed by atoms with Crippen LogP contribution in [0.1, 0.15) is 43.0 Å². The summed E-state index contributed by atoms with van der Waals surface area (Å²) < 4.78 is 26.5. The van der Waals surface area contributed by atoms with E-state index >= 15 is 0 Å². The van der Waals surface area contributed by atoms with E-state index in [9.17, 15) is 18.0 Å². The molecule has 1 saturated heterocycles. The van der Waals surface area contributed by atoms with Gasteiger partial charge in [0.05, 0.1) is 4.90 Å². The normalized spacial score (nSPS) is 17.9. The fraction of sp³-hybridized carbons (Fsp3) is 0.556. The van der Waals surface area contributed by atoms with Crippen molar-refractivity contribution in [1.82, 2.24) is 14.5 Å². The van der Waals surface area contributed by atoms with Gasteiger partial charge >= 0.3 is 0 Å². The first-order chi connectivity index (χ1) is 12.4. The molecule has 1 aliphatic carbocycles. The zero-order valence-corrected chi connectivity index (χ0v) is 15.8. The standard InChI is InChI=1S/C18H25N3O4S/c1-14(22)21(16-6-7-16)13-10-19-18(23)15-4-8-17(9-5-15)26(24,25)20-11-2-3-12-20/h4-5,8-9,16H,2-3,6-7,10-13H2,1H3,(H,19,23). The molecule has 0 bridgehead atoms. The van der Waals surface area contributed by atoms with Gasteiger partial charge in [-0.3, -0.25) is 9.59 Å². The lowest BCUT2D eigenvalue weighted by Crippen LogP contribution is -2.38. The molecule has 8 heteroatoms. The smallest absolute Gasteiger partial charge is 0.251 e. The largest absolute Gasteiger partial charge is 0.350 e. The van der Waals surface area contributed by atoms with E-state index < -0.39 is 10.0 Å². The van der Waals surface area contributed by atoms with Crippen LogP contribution in [0.3, 0.4) is 0 Å². The third-order valence-electron chi connectivity index (χ3n) is 4.85. The number of hydrogen-bond acceptors (Lipinski definition) is 4. The SMILES string of the molecule is CC(=O)N(CCNC(=O)c1ccc(S(=O)(=O)N2CCCC2)cc1)C1CC1. The molecule has 2 aliphatic rings. The Morgan fingerprint density at radius 2 is 1.77 bits per heavy atom. The Kier molecular flexibility index (Phi) is 5.62. The van der Waals surface area contributed by atoms with Crippen LogP contribution in [0.25, 0.3) is 0 Å². The Balaban J connectivity index is 1.56. The van der Waals surface area contributed by atoms with E-state index in [1.807, 2.05) is 0 Å². The van der Waals surface area contributed by atoms with Crippen molar-refractivity contribution in [2.45, 2.75) is 43.5 Å². The molecule has 7 nitrogen and oxygen atoms in total. The molecule has 1 N–H and O–H groups in total. The van der Waals surface area contributed by atoms with Crippen molar-refractivity contribution in [2.75, 3.05) is 26.2 Å². The van der Waals surface area contributed by atoms with Gasteiger partial charge in [0.25, 0.3) is 5.91 Å². The van der Waals surface area contributed by atoms with Gasteiger partial charge in [-0.25, -0.2) is 8.42 Å². The second kappa shape index (κ2) is 7.75. The summed E-state index contributed by atoms with van der Waals surface area (Å²) in [5.74, 6) is -0.243. The summed E-state index contributed by atoms with van der Waals surface area (Å²) in [7, 11) is -3.46. The molecule has 1 aliphatic heterocycles. The topological polar surface area (TPSA) is 86.8 Å². The molecule has 0 unspecified atom stereocenters. The van der Waals surface area contributed by atoms with E-state index in [-0.39, 0.29) is 16.7 Å². The fourth-order valence-electron chi connectivity index (χ4n) is 3.23. The van der Waals surface area contributed by atoms with Gasteiger partial charge in [0.1, 0.15) is 0 Å². The van der Waals surface area contributed by atoms with Crippen LogP contribution in [-0.4, -0.2) is 61.7 Å². The quantitative estimate of drug-likeness (QED) is 0.772. The summed E-state index contributed by atoms with van der Waals surface area (Å²) in [6, 6.07) is 6.34. The highest BCUT2D eigenvalue weighted by molar-refractivity contribution is 7.89. The molecule has 0 atom stereocenters. The zero-order valence-electron chi connectivity index (χ0n) is 15.0. The highest BCUT2D eigenvalue weighted by atomic mass is 32.2. The van der Waals surface area contributed by atoms with Gasteiger partial charge in [-0.15, -0.1) is 0 Å². The van der Waals surface area contributed by atoms with Crippen molar-refractivity contribution in [3.05, 3.63) is 29.8 Å². The van der Waals surface area contributed by atoms with Crippen molar-refractivity contribution >= 4 is 21.8 Å². The van der Waals surface area contributed by atoms with Crippen LogP contribution >= 0.6 is 0 Å². The lowest BCUT2D eigenvalue weighted by atomic mass is 10.2. The van der Waals surface area contributed by atoms with Crippen LogP contribution in [0, 0.1) is 0 Å². The minimum atomic E-state index is -3.46. The Hall–Kier alpha value is -1.93. The van der Waals surface area contributed by atoms with Gasteiger partial charge in [-0.05, 0) is 49.9 Å². The molecule has 1 saturated carbocycles. The first-order valence-corrected chi connectivity index (χ1v) is 10.5. The van der Waals surface area contributed by atoms with Crippen molar-refractivity contribution in [3.63, 3.8) is 0 Å². The molecule has 142 valence electrons. The lowest BCUT2D eigenvalue weighted by Gasteiger charge is -2.20. The molecule has 1 heterocycles. The number of rotatable bonds is 7. The molecule has 0 spiro atoms. The van der Waals surface area contributed by atoms with Crippen LogP contribution in [-0.2, 0) is 14.8 Å². The average molecular weight is 379 g/mol. The van der Waals surface area contributed by atoms with Crippen molar-refractivity contribution < 1.29 is 18.0 Å². The van der Waals surface area contributed by atoms with E-state index in [2.05, 4.69) is 5.32 Å². The van der Waals surface area contributed by atoms with Crippen LogP contribution in [0.5, 0.6) is 0 Å². The van der Waals surface area contributed by atoms with E-state index in [4.69, 9.17) is 0 Å². The number of hydrogen-bond donors (Lipinski definition) is 1. The molecule has 0 radical (unpaired) electrons. The fourth-order valence-corrected chi connectivity index (χ4v) is 4.75. The first kappa shape index (κ1) is 18.8. The number of benzene rings is 1. The summed E-state index contributed by atoms with van der Waals surface area (Å²) in [5.41, 5.74) is 0.408. The lowest BCUT2D eigenvalue weighted by molar-refractivity contribution is -0.129. The third kappa shape index (κ3) is 4.24. The van der Waals surface area contributed by atoms with Gasteiger partial charge in [-0.2, -0.15) is 4.31 Å². The van der Waals surface area contributed by atoms with E-state index in [0.717, 1.165) is 25.7 Å². The molecule has 2 fully saturated rings. The van der Waals surface area contributed by atoms with Crippen LogP contribution < -0.4 is 5.32 Å². The van der Waals surface area contributed by atoms with Crippen molar-refractivity contribution in [2.24, 2.45) is 0 Å². The third-order valence-corrected chi connectivity index (χ3v) is 6.76. The molecule has 1 aromatic carbocycles. The number of nitrogens with zero attached hydrogens (tertiary/aromatic N) is 2. The second-order valence-electron chi connectivity index (χ2n) is 6.84. The molecule has 1 aromatic rings. The predicted octanol–water partition coefficient (Wildman–Crippen LogP) is 1.21. The molecule has 3 rings (SSSR count). The number of amides is 2. The average Bonchev–Trinajstić information content (AvgIpc) is 3.29. The summed E-state index contributed by atoms with van der Waals surface area (Å²) in [6.07, 6.45) is 3.83. The Labute approximate surface area is 154 Å². The van der Waals surface area contributed by atoms with Crippen molar-refractivity contribution in [1.29, 1.82) is 0 Å². The summed E-state index contributed by atoms with van der Waals surface area (Å²) in [4.78, 5) is 25.8. The maximum Gasteiger partial charge on any atom is 0.251 e. The predicted molar refractivity (Wildman–Crippen MR) is 97.2 cm³/mol. The van der Waals surface area contributed by atoms with E-state index in [1.165, 1.54) is 28.6 Å². The van der Waals surface area contributed by atoms with E-state index in [0.29, 0.717) is 37.8 Å². The number of nitrogens with one attached hydrogen (secondary N) is 1. The maximum atomic E-state index is 12.5. The Morgan fingerprint density at radius 3 is 2.31 bits per heavy atom. The van der Waals surface area contributed by atoms with Gasteiger partial charge in [-0.1, -0.05) is 0 Å². The van der Waals surface area contributed by atoms with Gasteiger partial charge < -0.3 is 10.2 Å². The molecular formula is C18H25N3O4S. The molecular weight excluding hydrogens is 354 g/mol. The minimum Gasteiger partial charge on any atom is -0.350 e. The molecule has 26 heavy (non-hydrogen) atoms. The number of carbonyl (C=O) groups excluding carboxylic acids is 2. The zero-order chi connectivity index (χ0) is 18.7. The number of sulfonamides is 1. The summed E-state index contributed by atoms with van der Waals surface area (Å²) in [5, 5.41) is 2.79. The monoisotopic (exact) mass is 379 g/mol. The van der Waals surface area contributed by atoms with Gasteiger partial charge in [0.2, 0.25) is 15.9 Å². The van der Waals surface area contributed by atoms with Gasteiger partial charge in [0.15, 0.2) is 0 Å². The molecule has 2 amide bonds. The second-order valence-corrected chi connectivity index (χ2v) is 8.77. The summed E-state index contributed by atoms with van der Waals surface area (Å²) in [6.45, 7) is 3.52. The first-order valence-electron chi connectivity index (χ1n) is 9.05. The Bertz CT molecular complexity index is 766. The van der Waals surface area contributed by atoms with Gasteiger partial charge in [0, 0.05) is 44.7 Å². The van der Waals surface area contributed by atoms with Crippen LogP contribution in [0.2, 0.25) is 0 Å². The maximum absolute atomic E-state index is 12.5. The van der Waals surface area contributed by atoms with Crippen LogP contribution in [0.4, 0.5) is 0 Å². The number of carbonyl (C=O) groups is 2. The highest BCUT2D eigenvalue weighted by Crippen LogP contribution is 2.26.